The van der Waals surface area contributed by atoms with Crippen molar-refractivity contribution in [2.45, 2.75) is 12.4 Å². The zero-order chi connectivity index (χ0) is 17.5. The molecule has 0 aliphatic rings. The number of rotatable bonds is 2. The Kier molecular flexibility index (Phi) is 4.16. The van der Waals surface area contributed by atoms with Gasteiger partial charge in [0.05, 0.1) is 16.0 Å². The number of halogens is 6. The van der Waals surface area contributed by atoms with E-state index in [1.165, 1.54) is 17.5 Å². The molecule has 0 spiro atoms. The van der Waals surface area contributed by atoms with Crippen LogP contribution in [-0.2, 0) is 12.4 Å². The molecule has 24 heavy (non-hydrogen) atoms. The second-order valence-corrected chi connectivity index (χ2v) is 6.78. The summed E-state index contributed by atoms with van der Waals surface area (Å²) in [7, 11) is 0. The number of alkyl halides is 6. The van der Waals surface area contributed by atoms with Crippen LogP contribution in [0.15, 0.2) is 41.9 Å². The van der Waals surface area contributed by atoms with Crippen molar-refractivity contribution in [1.82, 2.24) is 4.98 Å². The average molecular weight is 379 g/mol. The number of hydrogen-bond acceptors (Lipinski definition) is 3. The van der Waals surface area contributed by atoms with Gasteiger partial charge >= 0.3 is 12.4 Å². The van der Waals surface area contributed by atoms with Gasteiger partial charge in [0, 0.05) is 16.6 Å². The molecule has 0 amide bonds. The van der Waals surface area contributed by atoms with Crippen LogP contribution in [-0.4, -0.2) is 4.98 Å². The maximum atomic E-state index is 12.9. The van der Waals surface area contributed by atoms with Crippen molar-refractivity contribution >= 4 is 22.7 Å². The molecule has 2 heterocycles. The van der Waals surface area contributed by atoms with Crippen molar-refractivity contribution in [2.24, 2.45) is 0 Å². The first kappa shape index (κ1) is 17.0. The quantitative estimate of drug-likeness (QED) is 0.459. The maximum Gasteiger partial charge on any atom is 0.416 e. The number of hydrogen-bond donors (Lipinski definition) is 0. The molecule has 1 aromatic carbocycles. The first-order chi connectivity index (χ1) is 11.1. The summed E-state index contributed by atoms with van der Waals surface area (Å²) >= 11 is 2.46. The van der Waals surface area contributed by atoms with Crippen molar-refractivity contribution < 1.29 is 26.3 Å². The second kappa shape index (κ2) is 5.89. The summed E-state index contributed by atoms with van der Waals surface area (Å²) in [5.74, 6) is 0. The Bertz CT molecular complexity index is 813. The Labute approximate surface area is 140 Å². The zero-order valence-electron chi connectivity index (χ0n) is 11.6. The van der Waals surface area contributed by atoms with Crippen LogP contribution < -0.4 is 0 Å². The van der Waals surface area contributed by atoms with Gasteiger partial charge in [0.1, 0.15) is 5.01 Å². The van der Waals surface area contributed by atoms with Crippen molar-refractivity contribution in [1.29, 1.82) is 0 Å². The van der Waals surface area contributed by atoms with Gasteiger partial charge < -0.3 is 0 Å². The van der Waals surface area contributed by atoms with Crippen LogP contribution in [0.4, 0.5) is 26.3 Å². The van der Waals surface area contributed by atoms with E-state index >= 15 is 0 Å². The fraction of sp³-hybridized carbons (Fsp3) is 0.133. The maximum absolute atomic E-state index is 12.9. The van der Waals surface area contributed by atoms with Crippen LogP contribution in [0.1, 0.15) is 11.1 Å². The molecule has 0 bridgehead atoms. The van der Waals surface area contributed by atoms with Crippen molar-refractivity contribution in [2.75, 3.05) is 0 Å². The highest BCUT2D eigenvalue weighted by Crippen LogP contribution is 2.40. The van der Waals surface area contributed by atoms with E-state index in [2.05, 4.69) is 4.98 Å². The number of thiazole rings is 1. The van der Waals surface area contributed by atoms with E-state index in [9.17, 15) is 26.3 Å². The van der Waals surface area contributed by atoms with Crippen molar-refractivity contribution in [3.05, 3.63) is 53.0 Å². The fourth-order valence-electron chi connectivity index (χ4n) is 2.02. The Balaban J connectivity index is 2.10. The summed E-state index contributed by atoms with van der Waals surface area (Å²) < 4.78 is 77.4. The molecule has 3 aromatic rings. The SMILES string of the molecule is FC(F)(F)c1cc(-c2ncc(-c3cccs3)s2)cc(C(F)(F)F)c1. The molecule has 9 heteroatoms. The van der Waals surface area contributed by atoms with E-state index < -0.39 is 23.5 Å². The van der Waals surface area contributed by atoms with E-state index in [0.29, 0.717) is 17.0 Å². The minimum Gasteiger partial charge on any atom is -0.244 e. The van der Waals surface area contributed by atoms with Crippen LogP contribution in [0, 0.1) is 0 Å². The minimum absolute atomic E-state index is 0.106. The molecule has 0 saturated heterocycles. The van der Waals surface area contributed by atoms with Gasteiger partial charge in [-0.05, 0) is 29.6 Å². The number of nitrogens with zero attached hydrogens (tertiary/aromatic N) is 1. The lowest BCUT2D eigenvalue weighted by atomic mass is 10.1. The lowest BCUT2D eigenvalue weighted by Crippen LogP contribution is -2.11. The smallest absolute Gasteiger partial charge is 0.244 e. The molecule has 2 aromatic heterocycles. The molecule has 1 nitrogen and oxygen atoms in total. The Morgan fingerprint density at radius 2 is 1.46 bits per heavy atom. The molecule has 0 saturated carbocycles. The molecule has 0 unspecified atom stereocenters. The van der Waals surface area contributed by atoms with Crippen molar-refractivity contribution in [3.8, 4) is 20.3 Å². The first-order valence-corrected chi connectivity index (χ1v) is 8.14. The van der Waals surface area contributed by atoms with Crippen LogP contribution in [0.3, 0.4) is 0 Å². The Hall–Kier alpha value is -1.87. The predicted octanol–water partition coefficient (Wildman–Crippen LogP) is 6.58. The lowest BCUT2D eigenvalue weighted by Gasteiger charge is -2.13. The van der Waals surface area contributed by atoms with E-state index in [-0.39, 0.29) is 16.6 Å². The number of thiophene rings is 1. The number of benzene rings is 1. The summed E-state index contributed by atoms with van der Waals surface area (Å²) in [5, 5.41) is 1.93. The standard InChI is InChI=1S/C15H7F6NS2/c16-14(17,18)9-4-8(5-10(6-9)15(19,20)21)13-22-7-12(24-13)11-2-1-3-23-11/h1-7H. The van der Waals surface area contributed by atoms with Gasteiger partial charge in [-0.2, -0.15) is 26.3 Å². The van der Waals surface area contributed by atoms with Gasteiger partial charge in [-0.15, -0.1) is 22.7 Å². The average Bonchev–Trinajstić information content (AvgIpc) is 3.16. The first-order valence-electron chi connectivity index (χ1n) is 6.44. The van der Waals surface area contributed by atoms with E-state index in [1.54, 1.807) is 12.1 Å². The summed E-state index contributed by atoms with van der Waals surface area (Å²) in [6.45, 7) is 0. The van der Waals surface area contributed by atoms with Gasteiger partial charge in [-0.1, -0.05) is 6.07 Å². The van der Waals surface area contributed by atoms with Gasteiger partial charge in [0.2, 0.25) is 0 Å². The molecule has 3 rings (SSSR count). The van der Waals surface area contributed by atoms with E-state index in [4.69, 9.17) is 0 Å². The topological polar surface area (TPSA) is 12.9 Å². The third-order valence-corrected chi connectivity index (χ3v) is 5.22. The van der Waals surface area contributed by atoms with Crippen LogP contribution in [0.2, 0.25) is 0 Å². The van der Waals surface area contributed by atoms with E-state index in [1.807, 2.05) is 5.38 Å². The molecular formula is C15H7F6NS2. The largest absolute Gasteiger partial charge is 0.416 e. The minimum atomic E-state index is -4.87. The molecular weight excluding hydrogens is 372 g/mol. The molecule has 0 atom stereocenters. The Morgan fingerprint density at radius 1 is 0.833 bits per heavy atom. The molecule has 126 valence electrons. The van der Waals surface area contributed by atoms with Crippen molar-refractivity contribution in [3.63, 3.8) is 0 Å². The highest BCUT2D eigenvalue weighted by Gasteiger charge is 2.37. The Morgan fingerprint density at radius 3 is 1.96 bits per heavy atom. The number of aromatic nitrogens is 1. The van der Waals surface area contributed by atoms with Gasteiger partial charge in [-0.3, -0.25) is 0 Å². The zero-order valence-corrected chi connectivity index (χ0v) is 13.2. The lowest BCUT2D eigenvalue weighted by molar-refractivity contribution is -0.143. The second-order valence-electron chi connectivity index (χ2n) is 4.80. The molecule has 0 fully saturated rings. The van der Waals surface area contributed by atoms with Crippen LogP contribution in [0.25, 0.3) is 20.3 Å². The summed E-state index contributed by atoms with van der Waals surface area (Å²) in [4.78, 5) is 5.51. The normalized spacial score (nSPS) is 12.6. The highest BCUT2D eigenvalue weighted by molar-refractivity contribution is 7.22. The monoisotopic (exact) mass is 379 g/mol. The molecule has 0 aliphatic heterocycles. The fourth-order valence-corrected chi connectivity index (χ4v) is 3.74. The third kappa shape index (κ3) is 3.46. The third-order valence-electron chi connectivity index (χ3n) is 3.10. The van der Waals surface area contributed by atoms with E-state index in [0.717, 1.165) is 16.2 Å². The molecule has 0 aliphatic carbocycles. The predicted molar refractivity (Wildman–Crippen MR) is 80.9 cm³/mol. The van der Waals surface area contributed by atoms with Gasteiger partial charge in [-0.25, -0.2) is 4.98 Å². The summed E-state index contributed by atoms with van der Waals surface area (Å²) in [5.41, 5.74) is -2.90. The summed E-state index contributed by atoms with van der Waals surface area (Å²) in [6.07, 6.45) is -8.30. The molecule has 0 N–H and O–H groups in total. The highest BCUT2D eigenvalue weighted by atomic mass is 32.1. The molecule has 0 radical (unpaired) electrons. The van der Waals surface area contributed by atoms with Gasteiger partial charge in [0.25, 0.3) is 0 Å². The van der Waals surface area contributed by atoms with Crippen LogP contribution in [0.5, 0.6) is 0 Å². The summed E-state index contributed by atoms with van der Waals surface area (Å²) in [6, 6.07) is 5.08. The van der Waals surface area contributed by atoms with Gasteiger partial charge in [0.15, 0.2) is 0 Å². The van der Waals surface area contributed by atoms with Crippen LogP contribution >= 0.6 is 22.7 Å².